The second-order valence-electron chi connectivity index (χ2n) is 6.45. The molecule has 3 rings (SSSR count). The van der Waals surface area contributed by atoms with Crippen molar-refractivity contribution in [2.75, 3.05) is 44.3 Å². The second kappa shape index (κ2) is 9.41. The predicted molar refractivity (Wildman–Crippen MR) is 108 cm³/mol. The summed E-state index contributed by atoms with van der Waals surface area (Å²) in [5, 5.41) is 0. The Labute approximate surface area is 161 Å². The predicted octanol–water partition coefficient (Wildman–Crippen LogP) is 2.08. The van der Waals surface area contributed by atoms with E-state index in [-0.39, 0.29) is 24.0 Å². The van der Waals surface area contributed by atoms with Gasteiger partial charge in [0.2, 0.25) is 0 Å². The Balaban J connectivity index is 0.00000208. The summed E-state index contributed by atoms with van der Waals surface area (Å²) in [5.41, 5.74) is 7.12. The van der Waals surface area contributed by atoms with Crippen LogP contribution in [-0.2, 0) is 11.3 Å². The Kier molecular flexibility index (Phi) is 7.54. The number of guanidine groups is 1. The number of nitrogens with zero attached hydrogens (tertiary/aromatic N) is 4. The van der Waals surface area contributed by atoms with E-state index in [1.54, 1.807) is 0 Å². The lowest BCUT2D eigenvalue weighted by molar-refractivity contribution is 0.122. The molecular weight excluding hydrogens is 417 g/mol. The van der Waals surface area contributed by atoms with Crippen molar-refractivity contribution in [3.8, 4) is 0 Å². The zero-order chi connectivity index (χ0) is 16.1. The first-order valence-electron chi connectivity index (χ1n) is 8.56. The fourth-order valence-electron chi connectivity index (χ4n) is 3.18. The highest BCUT2D eigenvalue weighted by atomic mass is 127. The number of aromatic nitrogens is 1. The minimum atomic E-state index is 0. The normalized spacial score (nSPS) is 22.2. The number of nitrogens with two attached hydrogens (primary N) is 1. The van der Waals surface area contributed by atoms with Crippen LogP contribution in [-0.4, -0.2) is 55.2 Å². The molecular formula is C17H28IN5O. The molecule has 2 aliphatic heterocycles. The molecule has 0 saturated carbocycles. The lowest BCUT2D eigenvalue weighted by atomic mass is 10.0. The third-order valence-electron chi connectivity index (χ3n) is 4.51. The van der Waals surface area contributed by atoms with Crippen molar-refractivity contribution in [3.63, 3.8) is 0 Å². The van der Waals surface area contributed by atoms with Crippen molar-refractivity contribution in [1.82, 2.24) is 9.88 Å². The zero-order valence-electron chi connectivity index (χ0n) is 14.4. The highest BCUT2D eigenvalue weighted by molar-refractivity contribution is 14.0. The molecule has 2 fully saturated rings. The van der Waals surface area contributed by atoms with Gasteiger partial charge in [0.1, 0.15) is 5.82 Å². The molecule has 0 bridgehead atoms. The third-order valence-corrected chi connectivity index (χ3v) is 4.51. The fraction of sp³-hybridized carbons (Fsp3) is 0.647. The van der Waals surface area contributed by atoms with Crippen LogP contribution in [0.4, 0.5) is 5.82 Å². The van der Waals surface area contributed by atoms with Crippen LogP contribution in [0.25, 0.3) is 0 Å². The van der Waals surface area contributed by atoms with Gasteiger partial charge >= 0.3 is 0 Å². The van der Waals surface area contributed by atoms with Crippen LogP contribution in [0.1, 0.15) is 25.5 Å². The van der Waals surface area contributed by atoms with Crippen molar-refractivity contribution < 1.29 is 4.74 Å². The lowest BCUT2D eigenvalue weighted by Gasteiger charge is -2.31. The molecule has 6 nitrogen and oxygen atoms in total. The Morgan fingerprint density at radius 2 is 2.12 bits per heavy atom. The Morgan fingerprint density at radius 1 is 1.33 bits per heavy atom. The average molecular weight is 445 g/mol. The molecule has 0 spiro atoms. The number of pyridine rings is 1. The smallest absolute Gasteiger partial charge is 0.191 e. The van der Waals surface area contributed by atoms with E-state index >= 15 is 0 Å². The molecule has 2 saturated heterocycles. The first-order valence-corrected chi connectivity index (χ1v) is 8.56. The summed E-state index contributed by atoms with van der Waals surface area (Å²) < 4.78 is 5.39. The van der Waals surface area contributed by atoms with Gasteiger partial charge in [0.25, 0.3) is 0 Å². The minimum absolute atomic E-state index is 0. The van der Waals surface area contributed by atoms with Gasteiger partial charge in [-0.05, 0) is 30.9 Å². The summed E-state index contributed by atoms with van der Waals surface area (Å²) in [5.74, 6) is 2.35. The number of anilines is 1. The monoisotopic (exact) mass is 445 g/mol. The van der Waals surface area contributed by atoms with Crippen molar-refractivity contribution in [2.24, 2.45) is 16.6 Å². The molecule has 2 aliphatic rings. The number of ether oxygens (including phenoxy) is 1. The van der Waals surface area contributed by atoms with Crippen LogP contribution < -0.4 is 10.6 Å². The molecule has 7 heteroatoms. The van der Waals surface area contributed by atoms with E-state index < -0.39 is 0 Å². The summed E-state index contributed by atoms with van der Waals surface area (Å²) in [4.78, 5) is 13.7. The van der Waals surface area contributed by atoms with Crippen LogP contribution in [0.2, 0.25) is 0 Å². The van der Waals surface area contributed by atoms with E-state index in [1.807, 2.05) is 18.2 Å². The van der Waals surface area contributed by atoms with Crippen LogP contribution >= 0.6 is 24.0 Å². The topological polar surface area (TPSA) is 67.0 Å². The Bertz CT molecular complexity index is 548. The SMILES string of the molecule is CC1CCCN(C(N)=NCc2cccc(N3CCOCC3)n2)C1.I. The number of hydrogen-bond donors (Lipinski definition) is 1. The maximum Gasteiger partial charge on any atom is 0.191 e. The van der Waals surface area contributed by atoms with Gasteiger partial charge < -0.3 is 20.3 Å². The van der Waals surface area contributed by atoms with Crippen molar-refractivity contribution >= 4 is 35.8 Å². The van der Waals surface area contributed by atoms with E-state index in [0.29, 0.717) is 18.4 Å². The van der Waals surface area contributed by atoms with Crippen molar-refractivity contribution in [2.45, 2.75) is 26.3 Å². The van der Waals surface area contributed by atoms with Crippen LogP contribution in [0.5, 0.6) is 0 Å². The highest BCUT2D eigenvalue weighted by Crippen LogP contribution is 2.16. The van der Waals surface area contributed by atoms with Gasteiger partial charge in [-0.15, -0.1) is 24.0 Å². The highest BCUT2D eigenvalue weighted by Gasteiger charge is 2.17. The lowest BCUT2D eigenvalue weighted by Crippen LogP contribution is -2.43. The van der Waals surface area contributed by atoms with E-state index in [2.05, 4.69) is 21.7 Å². The molecule has 0 aliphatic carbocycles. The molecule has 3 heterocycles. The third kappa shape index (κ3) is 5.20. The average Bonchev–Trinajstić information content (AvgIpc) is 2.61. The first-order chi connectivity index (χ1) is 11.2. The van der Waals surface area contributed by atoms with Crippen molar-refractivity contribution in [1.29, 1.82) is 0 Å². The van der Waals surface area contributed by atoms with Gasteiger partial charge in [0, 0.05) is 26.2 Å². The summed E-state index contributed by atoms with van der Waals surface area (Å²) >= 11 is 0. The van der Waals surface area contributed by atoms with E-state index in [1.165, 1.54) is 12.8 Å². The van der Waals surface area contributed by atoms with E-state index in [0.717, 1.165) is 50.9 Å². The number of hydrogen-bond acceptors (Lipinski definition) is 4. The van der Waals surface area contributed by atoms with Crippen LogP contribution in [0.15, 0.2) is 23.2 Å². The molecule has 1 aromatic rings. The number of rotatable bonds is 3. The molecule has 2 N–H and O–H groups in total. The molecule has 1 aromatic heterocycles. The fourth-order valence-corrected chi connectivity index (χ4v) is 3.18. The van der Waals surface area contributed by atoms with Gasteiger partial charge in [-0.3, -0.25) is 0 Å². The van der Waals surface area contributed by atoms with Gasteiger partial charge in [0.05, 0.1) is 25.5 Å². The van der Waals surface area contributed by atoms with E-state index in [9.17, 15) is 0 Å². The van der Waals surface area contributed by atoms with Crippen molar-refractivity contribution in [3.05, 3.63) is 23.9 Å². The molecule has 0 aromatic carbocycles. The molecule has 1 unspecified atom stereocenters. The number of morpholine rings is 1. The van der Waals surface area contributed by atoms with Crippen LogP contribution in [0.3, 0.4) is 0 Å². The first kappa shape index (κ1) is 19.2. The summed E-state index contributed by atoms with van der Waals surface area (Å²) in [7, 11) is 0. The zero-order valence-corrected chi connectivity index (χ0v) is 16.7. The quantitative estimate of drug-likeness (QED) is 0.439. The number of aliphatic imine (C=N–C) groups is 1. The van der Waals surface area contributed by atoms with Gasteiger partial charge in [-0.2, -0.15) is 0 Å². The second-order valence-corrected chi connectivity index (χ2v) is 6.45. The van der Waals surface area contributed by atoms with Gasteiger partial charge in [-0.1, -0.05) is 13.0 Å². The van der Waals surface area contributed by atoms with Gasteiger partial charge in [-0.25, -0.2) is 9.98 Å². The summed E-state index contributed by atoms with van der Waals surface area (Å²) in [6, 6.07) is 6.11. The summed E-state index contributed by atoms with van der Waals surface area (Å²) in [6.07, 6.45) is 2.48. The largest absolute Gasteiger partial charge is 0.378 e. The molecule has 0 radical (unpaired) electrons. The molecule has 1 atom stereocenters. The summed E-state index contributed by atoms with van der Waals surface area (Å²) in [6.45, 7) is 8.16. The molecule has 24 heavy (non-hydrogen) atoms. The Hall–Kier alpha value is -1.09. The Morgan fingerprint density at radius 3 is 2.88 bits per heavy atom. The molecule has 134 valence electrons. The number of piperidine rings is 1. The maximum absolute atomic E-state index is 6.16. The van der Waals surface area contributed by atoms with Crippen LogP contribution in [0, 0.1) is 5.92 Å². The van der Waals surface area contributed by atoms with Gasteiger partial charge in [0.15, 0.2) is 5.96 Å². The minimum Gasteiger partial charge on any atom is -0.378 e. The van der Waals surface area contributed by atoms with E-state index in [4.69, 9.17) is 15.5 Å². The maximum atomic E-state index is 6.16. The molecule has 0 amide bonds. The number of likely N-dealkylation sites (tertiary alicyclic amines) is 1. The standard InChI is InChI=1S/C17H27N5O.HI/c1-14-4-3-7-22(13-14)17(18)19-12-15-5-2-6-16(20-15)21-8-10-23-11-9-21;/h2,5-6,14H,3-4,7-13H2,1H3,(H2,18,19);1H. The number of halogens is 1.